The molecule has 1 heterocycles. The van der Waals surface area contributed by atoms with Crippen molar-refractivity contribution in [1.82, 2.24) is 0 Å². The third-order valence-corrected chi connectivity index (χ3v) is 7.26. The van der Waals surface area contributed by atoms with Gasteiger partial charge in [-0.15, -0.1) is 0 Å². The summed E-state index contributed by atoms with van der Waals surface area (Å²) in [7, 11) is -2.12. The summed E-state index contributed by atoms with van der Waals surface area (Å²) >= 11 is 0. The van der Waals surface area contributed by atoms with Gasteiger partial charge in [0, 0.05) is 19.3 Å². The first-order valence-electron chi connectivity index (χ1n) is 8.16. The van der Waals surface area contributed by atoms with Gasteiger partial charge in [-0.05, 0) is 25.8 Å². The fourth-order valence-corrected chi connectivity index (χ4v) is 6.02. The van der Waals surface area contributed by atoms with E-state index in [1.165, 1.54) is 0 Å². The lowest BCUT2D eigenvalue weighted by molar-refractivity contribution is 0.0541. The van der Waals surface area contributed by atoms with Gasteiger partial charge < -0.3 is 18.3 Å². The van der Waals surface area contributed by atoms with Crippen molar-refractivity contribution < 1.29 is 18.3 Å². The predicted octanol–water partition coefficient (Wildman–Crippen LogP) is 3.50. The quantitative estimate of drug-likeness (QED) is 0.386. The molecule has 120 valence electrons. The second-order valence-corrected chi connectivity index (χ2v) is 8.97. The third kappa shape index (κ3) is 7.18. The molecule has 0 aliphatic carbocycles. The summed E-state index contributed by atoms with van der Waals surface area (Å²) in [6.45, 7) is 11.8. The van der Waals surface area contributed by atoms with Gasteiger partial charge in [-0.2, -0.15) is 0 Å². The monoisotopic (exact) mass is 304 g/mol. The van der Waals surface area contributed by atoms with Crippen LogP contribution in [0.2, 0.25) is 12.1 Å². The second-order valence-electron chi connectivity index (χ2n) is 5.66. The first-order valence-corrected chi connectivity index (χ1v) is 10.4. The fraction of sp³-hybridized carbons (Fsp3) is 1.00. The lowest BCUT2D eigenvalue weighted by Gasteiger charge is -2.32. The van der Waals surface area contributed by atoms with E-state index in [1.54, 1.807) is 0 Å². The van der Waals surface area contributed by atoms with Crippen LogP contribution in [-0.2, 0) is 18.3 Å². The van der Waals surface area contributed by atoms with Gasteiger partial charge in [0.1, 0.15) is 6.10 Å². The molecular weight excluding hydrogens is 272 g/mol. The Balaban J connectivity index is 2.50. The van der Waals surface area contributed by atoms with Gasteiger partial charge in [-0.25, -0.2) is 0 Å². The minimum Gasteiger partial charge on any atom is -0.394 e. The molecule has 0 N–H and O–H groups in total. The lowest BCUT2D eigenvalue weighted by Crippen LogP contribution is -2.45. The van der Waals surface area contributed by atoms with Gasteiger partial charge in [0.2, 0.25) is 0 Å². The maximum atomic E-state index is 6.22. The molecule has 2 atom stereocenters. The molecule has 0 saturated carbocycles. The van der Waals surface area contributed by atoms with E-state index < -0.39 is 8.56 Å². The van der Waals surface area contributed by atoms with Crippen LogP contribution in [0.5, 0.6) is 0 Å². The summed E-state index contributed by atoms with van der Waals surface area (Å²) in [4.78, 5) is 0. The Kier molecular flexibility index (Phi) is 8.96. The van der Waals surface area contributed by atoms with E-state index in [0.717, 1.165) is 51.2 Å². The molecule has 1 aliphatic heterocycles. The van der Waals surface area contributed by atoms with Gasteiger partial charge in [-0.3, -0.25) is 0 Å². The second kappa shape index (κ2) is 9.90. The van der Waals surface area contributed by atoms with Gasteiger partial charge >= 0.3 is 8.56 Å². The largest absolute Gasteiger partial charge is 0.394 e. The maximum Gasteiger partial charge on any atom is 0.340 e. The SMILES string of the molecule is CCCO[Si](CCC)(CC(C)OCC1CO1)OCCC. The molecule has 0 aromatic heterocycles. The number of epoxide rings is 1. The molecule has 0 bridgehead atoms. The zero-order valence-electron chi connectivity index (χ0n) is 13.7. The van der Waals surface area contributed by atoms with E-state index in [0.29, 0.717) is 12.7 Å². The molecule has 0 spiro atoms. The maximum absolute atomic E-state index is 6.22. The molecule has 2 unspecified atom stereocenters. The highest BCUT2D eigenvalue weighted by atomic mass is 28.4. The van der Waals surface area contributed by atoms with Crippen molar-refractivity contribution in [3.05, 3.63) is 0 Å². The Morgan fingerprint density at radius 2 is 1.70 bits per heavy atom. The molecule has 0 radical (unpaired) electrons. The van der Waals surface area contributed by atoms with Crippen LogP contribution in [0.25, 0.3) is 0 Å². The van der Waals surface area contributed by atoms with Crippen molar-refractivity contribution >= 4 is 8.56 Å². The minimum atomic E-state index is -2.12. The van der Waals surface area contributed by atoms with Crippen LogP contribution >= 0.6 is 0 Å². The minimum absolute atomic E-state index is 0.186. The molecule has 20 heavy (non-hydrogen) atoms. The molecular formula is C15H32O4Si. The molecule has 0 amide bonds. The van der Waals surface area contributed by atoms with Crippen LogP contribution in [0.4, 0.5) is 0 Å². The first-order chi connectivity index (χ1) is 9.65. The summed E-state index contributed by atoms with van der Waals surface area (Å²) in [6, 6.07) is 1.98. The molecule has 1 fully saturated rings. The summed E-state index contributed by atoms with van der Waals surface area (Å²) in [5.41, 5.74) is 0. The van der Waals surface area contributed by atoms with Crippen LogP contribution in [0.15, 0.2) is 0 Å². The summed E-state index contributed by atoms with van der Waals surface area (Å²) in [5, 5.41) is 0. The van der Waals surface area contributed by atoms with Gasteiger partial charge in [-0.1, -0.05) is 27.2 Å². The highest BCUT2D eigenvalue weighted by Crippen LogP contribution is 2.25. The van der Waals surface area contributed by atoms with Gasteiger partial charge in [0.05, 0.1) is 19.3 Å². The van der Waals surface area contributed by atoms with E-state index >= 15 is 0 Å². The zero-order valence-corrected chi connectivity index (χ0v) is 14.7. The van der Waals surface area contributed by atoms with Crippen LogP contribution < -0.4 is 0 Å². The summed E-state index contributed by atoms with van der Waals surface area (Å²) in [6.07, 6.45) is 3.70. The molecule has 5 heteroatoms. The van der Waals surface area contributed by atoms with Crippen molar-refractivity contribution in [1.29, 1.82) is 0 Å². The number of ether oxygens (including phenoxy) is 2. The highest BCUT2D eigenvalue weighted by molar-refractivity contribution is 6.67. The average Bonchev–Trinajstić information content (AvgIpc) is 3.25. The topological polar surface area (TPSA) is 40.2 Å². The van der Waals surface area contributed by atoms with Crippen LogP contribution in [-0.4, -0.2) is 47.2 Å². The molecule has 4 nitrogen and oxygen atoms in total. The normalized spacial score (nSPS) is 20.1. The van der Waals surface area contributed by atoms with E-state index in [1.807, 2.05) is 0 Å². The van der Waals surface area contributed by atoms with Crippen molar-refractivity contribution in [2.24, 2.45) is 0 Å². The first kappa shape index (κ1) is 18.1. The Morgan fingerprint density at radius 1 is 1.10 bits per heavy atom. The predicted molar refractivity (Wildman–Crippen MR) is 83.3 cm³/mol. The number of rotatable bonds is 13. The highest BCUT2D eigenvalue weighted by Gasteiger charge is 2.39. The van der Waals surface area contributed by atoms with E-state index in [-0.39, 0.29) is 6.10 Å². The number of hydrogen-bond donors (Lipinski definition) is 0. The van der Waals surface area contributed by atoms with E-state index in [9.17, 15) is 0 Å². The molecule has 0 aromatic carbocycles. The molecule has 1 saturated heterocycles. The van der Waals surface area contributed by atoms with Crippen LogP contribution in [0.3, 0.4) is 0 Å². The smallest absolute Gasteiger partial charge is 0.340 e. The standard InChI is InChI=1S/C15H32O4Si/c1-5-8-18-20(10-7-3,19-9-6-2)13-14(4)16-11-15-12-17-15/h14-15H,5-13H2,1-4H3. The lowest BCUT2D eigenvalue weighted by atomic mass is 10.4. The van der Waals surface area contributed by atoms with E-state index in [2.05, 4.69) is 27.7 Å². The molecule has 1 aliphatic rings. The van der Waals surface area contributed by atoms with E-state index in [4.69, 9.17) is 18.3 Å². The van der Waals surface area contributed by atoms with Gasteiger partial charge in [0.25, 0.3) is 0 Å². The fourth-order valence-electron chi connectivity index (χ4n) is 2.30. The summed E-state index contributed by atoms with van der Waals surface area (Å²) in [5.74, 6) is 0. The Bertz CT molecular complexity index is 238. The van der Waals surface area contributed by atoms with Crippen molar-refractivity contribution in [3.8, 4) is 0 Å². The molecule has 0 aromatic rings. The van der Waals surface area contributed by atoms with Crippen LogP contribution in [0.1, 0.15) is 47.0 Å². The number of hydrogen-bond acceptors (Lipinski definition) is 4. The average molecular weight is 305 g/mol. The van der Waals surface area contributed by atoms with Crippen LogP contribution in [0, 0.1) is 0 Å². The van der Waals surface area contributed by atoms with Gasteiger partial charge in [0.15, 0.2) is 0 Å². The Labute approximate surface area is 125 Å². The Hall–Kier alpha value is 0.0569. The molecule has 1 rings (SSSR count). The van der Waals surface area contributed by atoms with Crippen molar-refractivity contribution in [3.63, 3.8) is 0 Å². The van der Waals surface area contributed by atoms with Crippen molar-refractivity contribution in [2.75, 3.05) is 26.4 Å². The summed E-state index contributed by atoms with van der Waals surface area (Å²) < 4.78 is 23.5. The van der Waals surface area contributed by atoms with Crippen molar-refractivity contribution in [2.45, 2.75) is 71.3 Å². The zero-order chi connectivity index (χ0) is 14.8. The Morgan fingerprint density at radius 3 is 2.15 bits per heavy atom. The third-order valence-electron chi connectivity index (χ3n) is 3.34.